The molecule has 1 heteroatoms. The summed E-state index contributed by atoms with van der Waals surface area (Å²) in [6.07, 6.45) is 7.58. The lowest BCUT2D eigenvalue weighted by atomic mass is 9.73. The van der Waals surface area contributed by atoms with Crippen LogP contribution in [0.3, 0.4) is 0 Å². The highest BCUT2D eigenvalue weighted by Crippen LogP contribution is 2.47. The Bertz CT molecular complexity index is 288. The summed E-state index contributed by atoms with van der Waals surface area (Å²) in [7, 11) is 0. The SMILES string of the molecule is CC(C)C1C/C=C\CN(C(C)C)C2C(C)CC(C)C12. The molecule has 19 heavy (non-hydrogen) atoms. The van der Waals surface area contributed by atoms with Crippen molar-refractivity contribution in [3.05, 3.63) is 12.2 Å². The molecule has 2 aliphatic rings. The fourth-order valence-corrected chi connectivity index (χ4v) is 4.82. The van der Waals surface area contributed by atoms with Crippen LogP contribution >= 0.6 is 0 Å². The van der Waals surface area contributed by atoms with Gasteiger partial charge in [0.15, 0.2) is 0 Å². The van der Waals surface area contributed by atoms with Gasteiger partial charge in [-0.15, -0.1) is 0 Å². The first kappa shape index (κ1) is 15.1. The molecule has 1 aliphatic heterocycles. The number of allylic oxidation sites excluding steroid dienone is 1. The Balaban J connectivity index is 2.35. The predicted octanol–water partition coefficient (Wildman–Crippen LogP) is 4.59. The molecule has 0 aromatic carbocycles. The van der Waals surface area contributed by atoms with Crippen molar-refractivity contribution in [1.82, 2.24) is 4.90 Å². The third-order valence-electron chi connectivity index (χ3n) is 5.67. The second-order valence-corrected chi connectivity index (χ2v) is 7.66. The van der Waals surface area contributed by atoms with E-state index in [1.165, 1.54) is 12.8 Å². The molecule has 0 amide bonds. The third-order valence-corrected chi connectivity index (χ3v) is 5.67. The number of hydrogen-bond donors (Lipinski definition) is 0. The van der Waals surface area contributed by atoms with E-state index in [-0.39, 0.29) is 0 Å². The number of rotatable bonds is 2. The van der Waals surface area contributed by atoms with E-state index in [4.69, 9.17) is 0 Å². The zero-order chi connectivity index (χ0) is 14.2. The molecule has 1 fully saturated rings. The van der Waals surface area contributed by atoms with E-state index in [1.807, 2.05) is 0 Å². The molecule has 1 heterocycles. The largest absolute Gasteiger partial charge is 0.294 e. The first-order valence-electron chi connectivity index (χ1n) is 8.34. The quantitative estimate of drug-likeness (QED) is 0.659. The highest BCUT2D eigenvalue weighted by Gasteiger charge is 2.46. The molecular weight excluding hydrogens is 230 g/mol. The van der Waals surface area contributed by atoms with E-state index in [0.29, 0.717) is 6.04 Å². The van der Waals surface area contributed by atoms with Gasteiger partial charge in [-0.25, -0.2) is 0 Å². The molecule has 110 valence electrons. The van der Waals surface area contributed by atoms with E-state index in [1.54, 1.807) is 0 Å². The van der Waals surface area contributed by atoms with Crippen molar-refractivity contribution in [3.63, 3.8) is 0 Å². The fourth-order valence-electron chi connectivity index (χ4n) is 4.82. The molecule has 0 N–H and O–H groups in total. The summed E-state index contributed by atoms with van der Waals surface area (Å²) in [5.74, 6) is 4.30. The Kier molecular flexibility index (Phi) is 4.76. The Morgan fingerprint density at radius 1 is 1.00 bits per heavy atom. The number of hydrogen-bond acceptors (Lipinski definition) is 1. The maximum atomic E-state index is 2.77. The predicted molar refractivity (Wildman–Crippen MR) is 84.2 cm³/mol. The van der Waals surface area contributed by atoms with Crippen LogP contribution in [0.15, 0.2) is 12.2 Å². The van der Waals surface area contributed by atoms with Gasteiger partial charge in [-0.3, -0.25) is 4.90 Å². The highest BCUT2D eigenvalue weighted by molar-refractivity contribution is 5.04. The van der Waals surface area contributed by atoms with Gasteiger partial charge in [0.05, 0.1) is 0 Å². The van der Waals surface area contributed by atoms with Crippen LogP contribution in [0.2, 0.25) is 0 Å². The molecule has 0 aromatic heterocycles. The first-order chi connectivity index (χ1) is 8.93. The van der Waals surface area contributed by atoms with E-state index >= 15 is 0 Å². The minimum atomic E-state index is 0.663. The van der Waals surface area contributed by atoms with Gasteiger partial charge in [0.2, 0.25) is 0 Å². The Hall–Kier alpha value is -0.300. The number of nitrogens with zero attached hydrogens (tertiary/aromatic N) is 1. The minimum absolute atomic E-state index is 0.663. The molecule has 0 radical (unpaired) electrons. The standard InChI is InChI=1S/C18H33N/c1-12(2)16-9-7-8-10-19(13(3)4)18-15(6)11-14(5)17(16)18/h7-8,12-18H,9-11H2,1-6H3/b8-7-. The van der Waals surface area contributed by atoms with Gasteiger partial charge >= 0.3 is 0 Å². The summed E-state index contributed by atoms with van der Waals surface area (Å²) in [5, 5.41) is 0. The molecule has 0 saturated heterocycles. The van der Waals surface area contributed by atoms with Crippen LogP contribution in [0.5, 0.6) is 0 Å². The second-order valence-electron chi connectivity index (χ2n) is 7.66. The van der Waals surface area contributed by atoms with Crippen LogP contribution in [0, 0.1) is 29.6 Å². The van der Waals surface area contributed by atoms with E-state index < -0.39 is 0 Å². The summed E-state index contributed by atoms with van der Waals surface area (Å²) in [6.45, 7) is 15.7. The maximum absolute atomic E-state index is 2.77. The monoisotopic (exact) mass is 263 g/mol. The summed E-state index contributed by atoms with van der Waals surface area (Å²) in [5.41, 5.74) is 0. The van der Waals surface area contributed by atoms with Crippen molar-refractivity contribution in [3.8, 4) is 0 Å². The molecule has 0 spiro atoms. The molecular formula is C18H33N. The summed E-state index contributed by atoms with van der Waals surface area (Å²) in [6, 6.07) is 1.46. The van der Waals surface area contributed by atoms with Crippen molar-refractivity contribution in [2.75, 3.05) is 6.54 Å². The summed E-state index contributed by atoms with van der Waals surface area (Å²) < 4.78 is 0. The smallest absolute Gasteiger partial charge is 0.0169 e. The average molecular weight is 263 g/mol. The Morgan fingerprint density at radius 2 is 1.68 bits per heavy atom. The molecule has 0 aromatic rings. The lowest BCUT2D eigenvalue weighted by Crippen LogP contribution is -2.49. The molecule has 1 aliphatic carbocycles. The minimum Gasteiger partial charge on any atom is -0.294 e. The molecule has 0 bridgehead atoms. The van der Waals surface area contributed by atoms with E-state index in [2.05, 4.69) is 58.6 Å². The van der Waals surface area contributed by atoms with Gasteiger partial charge in [0.25, 0.3) is 0 Å². The van der Waals surface area contributed by atoms with Crippen molar-refractivity contribution in [1.29, 1.82) is 0 Å². The second kappa shape index (κ2) is 5.99. The average Bonchev–Trinajstić information content (AvgIpc) is 2.52. The summed E-state index contributed by atoms with van der Waals surface area (Å²) in [4.78, 5) is 2.77. The zero-order valence-corrected chi connectivity index (χ0v) is 13.8. The van der Waals surface area contributed by atoms with Crippen LogP contribution in [-0.2, 0) is 0 Å². The molecule has 5 atom stereocenters. The van der Waals surface area contributed by atoms with Gasteiger partial charge in [-0.2, -0.15) is 0 Å². The van der Waals surface area contributed by atoms with Gasteiger partial charge in [0.1, 0.15) is 0 Å². The molecule has 5 unspecified atom stereocenters. The van der Waals surface area contributed by atoms with E-state index in [0.717, 1.165) is 42.2 Å². The topological polar surface area (TPSA) is 3.24 Å². The lowest BCUT2D eigenvalue weighted by molar-refractivity contribution is 0.0591. The highest BCUT2D eigenvalue weighted by atomic mass is 15.2. The maximum Gasteiger partial charge on any atom is 0.0169 e. The van der Waals surface area contributed by atoms with Crippen LogP contribution in [-0.4, -0.2) is 23.5 Å². The van der Waals surface area contributed by atoms with Gasteiger partial charge < -0.3 is 0 Å². The Labute approximate surface area is 120 Å². The first-order valence-corrected chi connectivity index (χ1v) is 8.34. The van der Waals surface area contributed by atoms with Crippen molar-refractivity contribution >= 4 is 0 Å². The van der Waals surface area contributed by atoms with Crippen molar-refractivity contribution in [2.24, 2.45) is 29.6 Å². The third kappa shape index (κ3) is 2.91. The fraction of sp³-hybridized carbons (Fsp3) is 0.889. The van der Waals surface area contributed by atoms with Gasteiger partial charge in [-0.05, 0) is 56.3 Å². The van der Waals surface area contributed by atoms with Gasteiger partial charge in [0, 0.05) is 18.6 Å². The Morgan fingerprint density at radius 3 is 2.26 bits per heavy atom. The molecule has 1 nitrogen and oxygen atoms in total. The van der Waals surface area contributed by atoms with Crippen LogP contribution in [0.4, 0.5) is 0 Å². The van der Waals surface area contributed by atoms with Crippen LogP contribution < -0.4 is 0 Å². The molecule has 1 saturated carbocycles. The van der Waals surface area contributed by atoms with Gasteiger partial charge in [-0.1, -0.05) is 39.8 Å². The summed E-state index contributed by atoms with van der Waals surface area (Å²) >= 11 is 0. The lowest BCUT2D eigenvalue weighted by Gasteiger charge is -2.43. The van der Waals surface area contributed by atoms with Crippen LogP contribution in [0.1, 0.15) is 54.4 Å². The molecule has 2 rings (SSSR count). The van der Waals surface area contributed by atoms with Crippen molar-refractivity contribution in [2.45, 2.75) is 66.5 Å². The normalized spacial score (nSPS) is 42.2. The number of fused-ring (bicyclic) bond motifs is 1. The van der Waals surface area contributed by atoms with E-state index in [9.17, 15) is 0 Å². The van der Waals surface area contributed by atoms with Crippen LogP contribution in [0.25, 0.3) is 0 Å². The van der Waals surface area contributed by atoms with Crippen molar-refractivity contribution < 1.29 is 0 Å². The zero-order valence-electron chi connectivity index (χ0n) is 13.8.